The van der Waals surface area contributed by atoms with E-state index >= 15 is 0 Å². The molecule has 112 valence electrons. The monoisotopic (exact) mass is 293 g/mol. The Morgan fingerprint density at radius 1 is 1.18 bits per heavy atom. The van der Waals surface area contributed by atoms with Crippen LogP contribution in [0.4, 0.5) is 5.82 Å². The zero-order valence-corrected chi connectivity index (χ0v) is 12.8. The van der Waals surface area contributed by atoms with Crippen molar-refractivity contribution in [3.05, 3.63) is 53.9 Å². The van der Waals surface area contributed by atoms with Gasteiger partial charge in [-0.05, 0) is 41.5 Å². The number of nitrogens with zero attached hydrogens (tertiary/aromatic N) is 4. The highest BCUT2D eigenvalue weighted by molar-refractivity contribution is 5.47. The molecule has 3 aromatic rings. The zero-order valence-electron chi connectivity index (χ0n) is 12.8. The Kier molecular flexibility index (Phi) is 2.89. The number of anilines is 1. The number of fused-ring (bicyclic) bond motifs is 2. The second-order valence-electron chi connectivity index (χ2n) is 6.56. The van der Waals surface area contributed by atoms with Crippen LogP contribution >= 0.6 is 0 Å². The Labute approximate surface area is 129 Å². The highest BCUT2D eigenvalue weighted by Gasteiger charge is 2.32. The van der Waals surface area contributed by atoms with Gasteiger partial charge in [0.1, 0.15) is 12.1 Å². The van der Waals surface area contributed by atoms with Crippen molar-refractivity contribution in [2.45, 2.75) is 38.1 Å². The van der Waals surface area contributed by atoms with Gasteiger partial charge in [0.25, 0.3) is 0 Å². The van der Waals surface area contributed by atoms with Crippen molar-refractivity contribution in [2.24, 2.45) is 0 Å². The van der Waals surface area contributed by atoms with Crippen LogP contribution in [-0.4, -0.2) is 19.8 Å². The van der Waals surface area contributed by atoms with Crippen molar-refractivity contribution in [1.29, 1.82) is 0 Å². The van der Waals surface area contributed by atoms with Gasteiger partial charge in [-0.3, -0.25) is 0 Å². The normalized spacial score (nSPS) is 19.8. The summed E-state index contributed by atoms with van der Waals surface area (Å²) in [6, 6.07) is 12.9. The smallest absolute Gasteiger partial charge is 0.177 e. The summed E-state index contributed by atoms with van der Waals surface area (Å²) in [6.07, 6.45) is 3.89. The first-order chi connectivity index (χ1) is 10.6. The van der Waals surface area contributed by atoms with Crippen LogP contribution in [0.3, 0.4) is 0 Å². The van der Waals surface area contributed by atoms with Crippen LogP contribution in [-0.2, 0) is 5.41 Å². The standard InChI is InChI=1S/C17H19N5/c1-17(2)10-9-14(12-5-3-4-6-13(12)17)19-15-7-8-16-20-18-11-22(16)21-15/h3-8,11,14H,9-10H2,1-2H3,(H,19,21). The molecule has 0 amide bonds. The van der Waals surface area contributed by atoms with E-state index in [9.17, 15) is 0 Å². The van der Waals surface area contributed by atoms with Crippen molar-refractivity contribution in [2.75, 3.05) is 5.32 Å². The third kappa shape index (κ3) is 2.13. The summed E-state index contributed by atoms with van der Waals surface area (Å²) in [4.78, 5) is 0. The first kappa shape index (κ1) is 13.2. The zero-order chi connectivity index (χ0) is 15.2. The van der Waals surface area contributed by atoms with Crippen LogP contribution in [0.25, 0.3) is 5.65 Å². The van der Waals surface area contributed by atoms with Gasteiger partial charge in [0.05, 0.1) is 6.04 Å². The minimum Gasteiger partial charge on any atom is -0.362 e. The first-order valence-corrected chi connectivity index (χ1v) is 7.66. The summed E-state index contributed by atoms with van der Waals surface area (Å²) in [5.74, 6) is 0.854. The van der Waals surface area contributed by atoms with Crippen molar-refractivity contribution >= 4 is 11.5 Å². The molecule has 4 rings (SSSR count). The van der Waals surface area contributed by atoms with E-state index in [0.717, 1.165) is 24.3 Å². The molecule has 0 radical (unpaired) electrons. The van der Waals surface area contributed by atoms with Gasteiger partial charge in [0.15, 0.2) is 5.65 Å². The fraction of sp³-hybridized carbons (Fsp3) is 0.353. The van der Waals surface area contributed by atoms with Crippen molar-refractivity contribution in [1.82, 2.24) is 19.8 Å². The van der Waals surface area contributed by atoms with E-state index in [4.69, 9.17) is 0 Å². The van der Waals surface area contributed by atoms with E-state index < -0.39 is 0 Å². The maximum atomic E-state index is 4.52. The fourth-order valence-electron chi connectivity index (χ4n) is 3.35. The minimum atomic E-state index is 0.237. The molecule has 1 aliphatic rings. The summed E-state index contributed by atoms with van der Waals surface area (Å²) in [7, 11) is 0. The molecule has 1 atom stereocenters. The van der Waals surface area contributed by atoms with Gasteiger partial charge < -0.3 is 5.32 Å². The van der Waals surface area contributed by atoms with Gasteiger partial charge in [-0.15, -0.1) is 15.3 Å². The summed E-state index contributed by atoms with van der Waals surface area (Å²) in [6.45, 7) is 4.65. The molecular weight excluding hydrogens is 274 g/mol. The highest BCUT2D eigenvalue weighted by atomic mass is 15.4. The lowest BCUT2D eigenvalue weighted by Crippen LogP contribution is -2.29. The second-order valence-corrected chi connectivity index (χ2v) is 6.56. The number of hydrogen-bond acceptors (Lipinski definition) is 4. The lowest BCUT2D eigenvalue weighted by molar-refractivity contribution is 0.405. The number of hydrogen-bond donors (Lipinski definition) is 1. The van der Waals surface area contributed by atoms with Gasteiger partial charge in [-0.2, -0.15) is 4.52 Å². The largest absolute Gasteiger partial charge is 0.362 e. The highest BCUT2D eigenvalue weighted by Crippen LogP contribution is 2.42. The quantitative estimate of drug-likeness (QED) is 0.787. The predicted octanol–water partition coefficient (Wildman–Crippen LogP) is 3.35. The Bertz CT molecular complexity index is 821. The summed E-state index contributed by atoms with van der Waals surface area (Å²) < 4.78 is 1.70. The fourth-order valence-corrected chi connectivity index (χ4v) is 3.35. The molecule has 0 fully saturated rings. The molecule has 0 saturated heterocycles. The molecule has 0 saturated carbocycles. The van der Waals surface area contributed by atoms with E-state index in [1.807, 2.05) is 12.1 Å². The van der Waals surface area contributed by atoms with Crippen LogP contribution in [0, 0.1) is 0 Å². The second kappa shape index (κ2) is 4.80. The number of nitrogens with one attached hydrogen (secondary N) is 1. The molecule has 0 bridgehead atoms. The maximum Gasteiger partial charge on any atom is 0.177 e. The minimum absolute atomic E-state index is 0.237. The van der Waals surface area contributed by atoms with E-state index in [2.05, 4.69) is 58.7 Å². The lowest BCUT2D eigenvalue weighted by Gasteiger charge is -2.37. The van der Waals surface area contributed by atoms with Gasteiger partial charge in [-0.1, -0.05) is 38.1 Å². The van der Waals surface area contributed by atoms with Crippen molar-refractivity contribution < 1.29 is 0 Å². The molecule has 0 spiro atoms. The number of rotatable bonds is 2. The molecule has 1 aliphatic carbocycles. The third-order valence-corrected chi connectivity index (χ3v) is 4.61. The average Bonchev–Trinajstić information content (AvgIpc) is 2.98. The van der Waals surface area contributed by atoms with Gasteiger partial charge in [0, 0.05) is 0 Å². The molecule has 1 aromatic carbocycles. The van der Waals surface area contributed by atoms with E-state index in [-0.39, 0.29) is 5.41 Å². The van der Waals surface area contributed by atoms with Crippen molar-refractivity contribution in [3.63, 3.8) is 0 Å². The topological polar surface area (TPSA) is 55.1 Å². The van der Waals surface area contributed by atoms with Crippen LogP contribution in [0.15, 0.2) is 42.7 Å². The van der Waals surface area contributed by atoms with E-state index in [1.54, 1.807) is 10.8 Å². The Hall–Kier alpha value is -2.43. The average molecular weight is 293 g/mol. The van der Waals surface area contributed by atoms with Crippen LogP contribution in [0.5, 0.6) is 0 Å². The molecule has 5 nitrogen and oxygen atoms in total. The van der Waals surface area contributed by atoms with Crippen LogP contribution in [0.1, 0.15) is 43.9 Å². The molecule has 0 aliphatic heterocycles. The number of benzene rings is 1. The molecule has 1 N–H and O–H groups in total. The van der Waals surface area contributed by atoms with E-state index in [1.165, 1.54) is 11.1 Å². The molecule has 2 aromatic heterocycles. The molecule has 22 heavy (non-hydrogen) atoms. The molecule has 2 heterocycles. The van der Waals surface area contributed by atoms with E-state index in [0.29, 0.717) is 6.04 Å². The summed E-state index contributed by atoms with van der Waals surface area (Å²) in [5, 5.41) is 15.9. The molecular formula is C17H19N5. The Morgan fingerprint density at radius 3 is 2.95 bits per heavy atom. The van der Waals surface area contributed by atoms with Gasteiger partial charge in [0.2, 0.25) is 0 Å². The summed E-state index contributed by atoms with van der Waals surface area (Å²) in [5.41, 5.74) is 3.81. The first-order valence-electron chi connectivity index (χ1n) is 7.66. The third-order valence-electron chi connectivity index (χ3n) is 4.61. The van der Waals surface area contributed by atoms with Crippen LogP contribution in [0.2, 0.25) is 0 Å². The molecule has 5 heteroatoms. The maximum absolute atomic E-state index is 4.52. The SMILES string of the molecule is CC1(C)CCC(Nc2ccc3nncn3n2)c2ccccc21. The predicted molar refractivity (Wildman–Crippen MR) is 85.8 cm³/mol. The Morgan fingerprint density at radius 2 is 2.05 bits per heavy atom. The van der Waals surface area contributed by atoms with Gasteiger partial charge in [-0.25, -0.2) is 0 Å². The van der Waals surface area contributed by atoms with Crippen molar-refractivity contribution in [3.8, 4) is 0 Å². The summed E-state index contributed by atoms with van der Waals surface area (Å²) >= 11 is 0. The van der Waals surface area contributed by atoms with Crippen LogP contribution < -0.4 is 5.32 Å². The Balaban J connectivity index is 1.68. The lowest BCUT2D eigenvalue weighted by atomic mass is 9.71. The number of aromatic nitrogens is 4. The molecule has 1 unspecified atom stereocenters. The van der Waals surface area contributed by atoms with Gasteiger partial charge >= 0.3 is 0 Å².